The number of para-hydroxylation sites is 1. The first-order valence-corrected chi connectivity index (χ1v) is 5.79. The Bertz CT molecular complexity index is 598. The van der Waals surface area contributed by atoms with Crippen molar-refractivity contribution in [3.8, 4) is 0 Å². The van der Waals surface area contributed by atoms with Gasteiger partial charge in [0.05, 0.1) is 12.7 Å². The number of methoxy groups -OCH3 is 1. The van der Waals surface area contributed by atoms with Crippen molar-refractivity contribution in [3.05, 3.63) is 36.0 Å². The first-order chi connectivity index (χ1) is 8.63. The lowest BCUT2D eigenvalue weighted by molar-refractivity contribution is -0.117. The lowest BCUT2D eigenvalue weighted by atomic mass is 10.2. The molecule has 0 aliphatic rings. The number of aryl methyl sites for hydroxylation is 1. The quantitative estimate of drug-likeness (QED) is 0.777. The number of rotatable bonds is 4. The normalized spacial score (nSPS) is 10.6. The van der Waals surface area contributed by atoms with Crippen molar-refractivity contribution in [3.63, 3.8) is 0 Å². The van der Waals surface area contributed by atoms with Crippen molar-refractivity contribution >= 4 is 22.7 Å². The lowest BCUT2D eigenvalue weighted by Crippen LogP contribution is -2.02. The number of carbonyl (C=O) groups excluding carboxylic acids is 2. The average molecular weight is 245 g/mol. The fourth-order valence-corrected chi connectivity index (χ4v) is 1.98. The van der Waals surface area contributed by atoms with E-state index in [9.17, 15) is 9.59 Å². The molecule has 0 radical (unpaired) electrons. The first kappa shape index (κ1) is 12.4. The fraction of sp³-hybridized carbons (Fsp3) is 0.286. The van der Waals surface area contributed by atoms with Crippen LogP contribution in [0.1, 0.15) is 23.7 Å². The Balaban J connectivity index is 2.47. The second-order valence-electron chi connectivity index (χ2n) is 4.20. The van der Waals surface area contributed by atoms with E-state index in [0.29, 0.717) is 18.5 Å². The number of nitrogens with zero attached hydrogens (tertiary/aromatic N) is 1. The number of benzene rings is 1. The zero-order valence-electron chi connectivity index (χ0n) is 10.5. The van der Waals surface area contributed by atoms with Crippen LogP contribution in [0.25, 0.3) is 10.9 Å². The van der Waals surface area contributed by atoms with Crippen molar-refractivity contribution < 1.29 is 14.3 Å². The molecule has 1 aromatic carbocycles. The minimum atomic E-state index is -0.354. The number of hydrogen-bond donors (Lipinski definition) is 0. The summed E-state index contributed by atoms with van der Waals surface area (Å²) in [6.45, 7) is 2.14. The van der Waals surface area contributed by atoms with Crippen LogP contribution >= 0.6 is 0 Å². The van der Waals surface area contributed by atoms with Crippen molar-refractivity contribution in [2.45, 2.75) is 19.9 Å². The summed E-state index contributed by atoms with van der Waals surface area (Å²) in [5, 5.41) is 0.855. The molecule has 0 bridgehead atoms. The van der Waals surface area contributed by atoms with E-state index < -0.39 is 0 Å². The van der Waals surface area contributed by atoms with Gasteiger partial charge in [-0.3, -0.25) is 4.79 Å². The Hall–Kier alpha value is -2.10. The van der Waals surface area contributed by atoms with Crippen LogP contribution in [0.5, 0.6) is 0 Å². The van der Waals surface area contributed by atoms with Gasteiger partial charge in [-0.2, -0.15) is 0 Å². The largest absolute Gasteiger partial charge is 0.465 e. The number of hydrogen-bond acceptors (Lipinski definition) is 3. The molecule has 0 aliphatic heterocycles. The number of esters is 1. The Morgan fingerprint density at radius 1 is 1.28 bits per heavy atom. The zero-order valence-corrected chi connectivity index (χ0v) is 10.5. The number of ketones is 1. The fourth-order valence-electron chi connectivity index (χ4n) is 1.98. The van der Waals surface area contributed by atoms with E-state index >= 15 is 0 Å². The number of Topliss-reactive ketones (excluding diaryl/α,β-unsaturated/α-hetero) is 1. The van der Waals surface area contributed by atoms with Crippen molar-refractivity contribution in [2.75, 3.05) is 7.11 Å². The van der Waals surface area contributed by atoms with E-state index in [2.05, 4.69) is 0 Å². The van der Waals surface area contributed by atoms with Gasteiger partial charge in [0.2, 0.25) is 0 Å². The van der Waals surface area contributed by atoms with Gasteiger partial charge in [0, 0.05) is 30.1 Å². The highest BCUT2D eigenvalue weighted by Crippen LogP contribution is 2.22. The minimum absolute atomic E-state index is 0.132. The third-order valence-corrected chi connectivity index (χ3v) is 2.90. The Kier molecular flexibility index (Phi) is 3.46. The molecule has 2 rings (SSSR count). The van der Waals surface area contributed by atoms with Gasteiger partial charge in [0.25, 0.3) is 0 Å². The SMILES string of the molecule is COC(=O)c1cn(CCC(C)=O)c2ccccc12. The van der Waals surface area contributed by atoms with E-state index in [1.54, 1.807) is 13.1 Å². The van der Waals surface area contributed by atoms with E-state index in [4.69, 9.17) is 4.74 Å². The van der Waals surface area contributed by atoms with Gasteiger partial charge in [-0.25, -0.2) is 4.79 Å². The molecule has 0 amide bonds. The number of carbonyl (C=O) groups is 2. The van der Waals surface area contributed by atoms with Gasteiger partial charge in [-0.15, -0.1) is 0 Å². The minimum Gasteiger partial charge on any atom is -0.465 e. The van der Waals surface area contributed by atoms with Crippen LogP contribution in [-0.4, -0.2) is 23.4 Å². The van der Waals surface area contributed by atoms with Crippen molar-refractivity contribution in [1.82, 2.24) is 4.57 Å². The summed E-state index contributed by atoms with van der Waals surface area (Å²) in [5.74, 6) is -0.222. The third-order valence-electron chi connectivity index (χ3n) is 2.90. The molecule has 0 fully saturated rings. The maximum absolute atomic E-state index is 11.7. The van der Waals surface area contributed by atoms with Gasteiger partial charge >= 0.3 is 5.97 Å². The zero-order chi connectivity index (χ0) is 13.1. The Morgan fingerprint density at radius 2 is 2.00 bits per heavy atom. The highest BCUT2D eigenvalue weighted by Gasteiger charge is 2.14. The standard InChI is InChI=1S/C14H15NO3/c1-10(16)7-8-15-9-12(14(17)18-2)11-5-3-4-6-13(11)15/h3-6,9H,7-8H2,1-2H3. The molecule has 1 heterocycles. The molecule has 0 saturated carbocycles. The monoisotopic (exact) mass is 245 g/mol. The van der Waals surface area contributed by atoms with Crippen LogP contribution in [0.3, 0.4) is 0 Å². The molecule has 18 heavy (non-hydrogen) atoms. The molecular weight excluding hydrogens is 230 g/mol. The molecule has 0 saturated heterocycles. The van der Waals surface area contributed by atoms with E-state index in [-0.39, 0.29) is 11.8 Å². The topological polar surface area (TPSA) is 48.3 Å². The smallest absolute Gasteiger partial charge is 0.340 e. The van der Waals surface area contributed by atoms with Crippen LogP contribution < -0.4 is 0 Å². The van der Waals surface area contributed by atoms with E-state index in [0.717, 1.165) is 10.9 Å². The van der Waals surface area contributed by atoms with E-state index in [1.165, 1.54) is 7.11 Å². The summed E-state index contributed by atoms with van der Waals surface area (Å²) in [6, 6.07) is 7.60. The van der Waals surface area contributed by atoms with Crippen LogP contribution in [0, 0.1) is 0 Å². The summed E-state index contributed by atoms with van der Waals surface area (Å²) in [4.78, 5) is 22.7. The maximum atomic E-state index is 11.7. The summed E-state index contributed by atoms with van der Waals surface area (Å²) >= 11 is 0. The molecule has 0 unspecified atom stereocenters. The molecular formula is C14H15NO3. The number of ether oxygens (including phenoxy) is 1. The van der Waals surface area contributed by atoms with Crippen LogP contribution in [0.4, 0.5) is 0 Å². The molecule has 1 aromatic heterocycles. The molecule has 94 valence electrons. The summed E-state index contributed by atoms with van der Waals surface area (Å²) in [6.07, 6.45) is 2.21. The second kappa shape index (κ2) is 5.04. The van der Waals surface area contributed by atoms with Crippen LogP contribution in [-0.2, 0) is 16.1 Å². The van der Waals surface area contributed by atoms with Gasteiger partial charge in [-0.1, -0.05) is 18.2 Å². The predicted octanol–water partition coefficient (Wildman–Crippen LogP) is 2.41. The second-order valence-corrected chi connectivity index (χ2v) is 4.20. The molecule has 4 heteroatoms. The first-order valence-electron chi connectivity index (χ1n) is 5.79. The molecule has 0 N–H and O–H groups in total. The van der Waals surface area contributed by atoms with E-state index in [1.807, 2.05) is 28.8 Å². The average Bonchev–Trinajstić information content (AvgIpc) is 2.74. The van der Waals surface area contributed by atoms with Crippen molar-refractivity contribution in [2.24, 2.45) is 0 Å². The predicted molar refractivity (Wildman–Crippen MR) is 68.6 cm³/mol. The van der Waals surface area contributed by atoms with Crippen LogP contribution in [0.2, 0.25) is 0 Å². The van der Waals surface area contributed by atoms with Gasteiger partial charge in [-0.05, 0) is 13.0 Å². The van der Waals surface area contributed by atoms with Gasteiger partial charge in [0.15, 0.2) is 0 Å². The maximum Gasteiger partial charge on any atom is 0.340 e. The molecule has 0 aliphatic carbocycles. The number of fused-ring (bicyclic) bond motifs is 1. The Labute approximate surface area is 105 Å². The third kappa shape index (κ3) is 2.27. The summed E-state index contributed by atoms with van der Waals surface area (Å²) in [5.41, 5.74) is 1.48. The Morgan fingerprint density at radius 3 is 2.67 bits per heavy atom. The molecule has 0 atom stereocenters. The highest BCUT2D eigenvalue weighted by molar-refractivity contribution is 6.04. The van der Waals surface area contributed by atoms with Gasteiger partial charge < -0.3 is 9.30 Å². The van der Waals surface area contributed by atoms with Gasteiger partial charge in [0.1, 0.15) is 5.78 Å². The highest BCUT2D eigenvalue weighted by atomic mass is 16.5. The summed E-state index contributed by atoms with van der Waals surface area (Å²) in [7, 11) is 1.37. The van der Waals surface area contributed by atoms with Crippen LogP contribution in [0.15, 0.2) is 30.5 Å². The molecule has 0 spiro atoms. The molecule has 4 nitrogen and oxygen atoms in total. The molecule has 2 aromatic rings. The van der Waals surface area contributed by atoms with Crippen molar-refractivity contribution in [1.29, 1.82) is 0 Å². The number of aromatic nitrogens is 1. The lowest BCUT2D eigenvalue weighted by Gasteiger charge is -2.02. The summed E-state index contributed by atoms with van der Waals surface area (Å²) < 4.78 is 6.68.